The second-order valence-corrected chi connectivity index (χ2v) is 7.68. The number of amides is 2. The predicted octanol–water partition coefficient (Wildman–Crippen LogP) is 4.14. The van der Waals surface area contributed by atoms with E-state index in [1.807, 2.05) is 48.5 Å². The lowest BCUT2D eigenvalue weighted by Crippen LogP contribution is -2.49. The van der Waals surface area contributed by atoms with Crippen molar-refractivity contribution in [2.24, 2.45) is 5.73 Å². The minimum absolute atomic E-state index is 0.0416. The van der Waals surface area contributed by atoms with E-state index in [1.54, 1.807) is 0 Å². The van der Waals surface area contributed by atoms with Gasteiger partial charge in [0.1, 0.15) is 19.3 Å². The zero-order valence-corrected chi connectivity index (χ0v) is 18.3. The molecule has 174 valence electrons. The summed E-state index contributed by atoms with van der Waals surface area (Å²) in [6, 6.07) is 14.2. The van der Waals surface area contributed by atoms with E-state index in [9.17, 15) is 19.5 Å². The van der Waals surface area contributed by atoms with Crippen molar-refractivity contribution >= 4 is 18.2 Å². The summed E-state index contributed by atoms with van der Waals surface area (Å²) in [5, 5.41) is 9.70. The van der Waals surface area contributed by atoms with Crippen molar-refractivity contribution in [1.82, 2.24) is 4.90 Å². The van der Waals surface area contributed by atoms with E-state index in [4.69, 9.17) is 15.2 Å². The first-order chi connectivity index (χ1) is 16.0. The average molecular weight is 453 g/mol. The van der Waals surface area contributed by atoms with E-state index in [0.29, 0.717) is 24.3 Å². The number of hydrogen-bond donors (Lipinski definition) is 2. The normalized spacial score (nSPS) is 12.9. The molecule has 1 aliphatic rings. The molecule has 0 fully saturated rings. The van der Waals surface area contributed by atoms with Gasteiger partial charge < -0.3 is 20.3 Å². The van der Waals surface area contributed by atoms with Crippen molar-refractivity contribution < 1.29 is 29.0 Å². The zero-order chi connectivity index (χ0) is 23.8. The Hall–Kier alpha value is -3.65. The van der Waals surface area contributed by atoms with E-state index in [-0.39, 0.29) is 25.6 Å². The maximum Gasteiger partial charge on any atom is 0.420 e. The van der Waals surface area contributed by atoms with E-state index in [1.165, 1.54) is 6.08 Å². The van der Waals surface area contributed by atoms with Crippen molar-refractivity contribution in [2.75, 3.05) is 19.8 Å². The fourth-order valence-corrected chi connectivity index (χ4v) is 4.04. The third kappa shape index (κ3) is 5.40. The predicted molar refractivity (Wildman–Crippen MR) is 123 cm³/mol. The molecular weight excluding hydrogens is 424 g/mol. The minimum Gasteiger partial charge on any atom is -0.480 e. The Balaban J connectivity index is 1.81. The number of nitrogens with zero attached hydrogens (tertiary/aromatic N) is 1. The Labute approximate surface area is 192 Å². The molecule has 8 heteroatoms. The lowest BCUT2D eigenvalue weighted by Gasteiger charge is -2.26. The SMILES string of the molecule is C=CCOC(=O)N(C(=O)OCC1c2ccccc2-c2ccccc21)[C@@H](CCCCN)C(=O)O. The standard InChI is InChI=1S/C25H28N2O6/c1-2-15-32-24(30)27(22(23(28)29)13-7-8-14-26)25(31)33-16-21-19-11-5-3-9-17(19)18-10-4-6-12-20(18)21/h2-6,9-12,21-22H,1,7-8,13-16,26H2,(H,28,29)/t22-/m0/s1. The largest absolute Gasteiger partial charge is 0.480 e. The van der Waals surface area contributed by atoms with Crippen molar-refractivity contribution in [3.05, 3.63) is 72.3 Å². The first-order valence-electron chi connectivity index (χ1n) is 10.8. The Morgan fingerprint density at radius 2 is 1.58 bits per heavy atom. The molecule has 3 rings (SSSR count). The van der Waals surface area contributed by atoms with Crippen LogP contribution >= 0.6 is 0 Å². The van der Waals surface area contributed by atoms with Crippen LogP contribution in [-0.4, -0.2) is 54.0 Å². The fourth-order valence-electron chi connectivity index (χ4n) is 4.04. The van der Waals surface area contributed by atoms with Crippen LogP contribution in [0, 0.1) is 0 Å². The molecule has 2 aromatic rings. The van der Waals surface area contributed by atoms with Crippen molar-refractivity contribution in [3.8, 4) is 11.1 Å². The number of fused-ring (bicyclic) bond motifs is 3. The number of carboxylic acids is 1. The first kappa shape index (κ1) is 24.0. The van der Waals surface area contributed by atoms with Gasteiger partial charge in [-0.15, -0.1) is 0 Å². The number of nitrogens with two attached hydrogens (primary N) is 1. The molecule has 0 aliphatic heterocycles. The van der Waals surface area contributed by atoms with Crippen LogP contribution in [0.15, 0.2) is 61.2 Å². The Bertz CT molecular complexity index is 976. The number of carbonyl (C=O) groups excluding carboxylic acids is 2. The van der Waals surface area contributed by atoms with Crippen LogP contribution in [0.3, 0.4) is 0 Å². The summed E-state index contributed by atoms with van der Waals surface area (Å²) in [4.78, 5) is 38.0. The van der Waals surface area contributed by atoms with Crippen LogP contribution in [-0.2, 0) is 14.3 Å². The molecule has 1 aliphatic carbocycles. The lowest BCUT2D eigenvalue weighted by molar-refractivity contribution is -0.142. The Morgan fingerprint density at radius 1 is 1.00 bits per heavy atom. The van der Waals surface area contributed by atoms with Crippen LogP contribution in [0.2, 0.25) is 0 Å². The highest BCUT2D eigenvalue weighted by Gasteiger charge is 2.38. The third-order valence-corrected chi connectivity index (χ3v) is 5.58. The van der Waals surface area contributed by atoms with Gasteiger partial charge in [-0.3, -0.25) is 0 Å². The average Bonchev–Trinajstić information content (AvgIpc) is 3.14. The summed E-state index contributed by atoms with van der Waals surface area (Å²) in [6.45, 7) is 3.63. The number of carboxylic acid groups (broad SMARTS) is 1. The van der Waals surface area contributed by atoms with E-state index >= 15 is 0 Å². The number of hydrogen-bond acceptors (Lipinski definition) is 6. The summed E-state index contributed by atoms with van der Waals surface area (Å²) < 4.78 is 10.5. The van der Waals surface area contributed by atoms with Gasteiger partial charge in [-0.2, -0.15) is 4.90 Å². The van der Waals surface area contributed by atoms with Gasteiger partial charge in [-0.05, 0) is 48.1 Å². The maximum atomic E-state index is 13.0. The number of ether oxygens (including phenoxy) is 2. The summed E-state index contributed by atoms with van der Waals surface area (Å²) in [5.74, 6) is -1.55. The second kappa shape index (κ2) is 11.3. The second-order valence-electron chi connectivity index (χ2n) is 7.68. The van der Waals surface area contributed by atoms with Crippen molar-refractivity contribution in [1.29, 1.82) is 0 Å². The summed E-state index contributed by atoms with van der Waals surface area (Å²) in [7, 11) is 0. The highest BCUT2D eigenvalue weighted by molar-refractivity contribution is 5.93. The first-order valence-corrected chi connectivity index (χ1v) is 10.8. The molecule has 1 atom stereocenters. The third-order valence-electron chi connectivity index (χ3n) is 5.58. The molecule has 0 spiro atoms. The molecule has 2 amide bonds. The maximum absolute atomic E-state index is 13.0. The number of unbranched alkanes of at least 4 members (excludes halogenated alkanes) is 1. The molecule has 33 heavy (non-hydrogen) atoms. The highest BCUT2D eigenvalue weighted by atomic mass is 16.6. The van der Waals surface area contributed by atoms with Gasteiger partial charge >= 0.3 is 18.2 Å². The van der Waals surface area contributed by atoms with Crippen LogP contribution in [0.25, 0.3) is 11.1 Å². The summed E-state index contributed by atoms with van der Waals surface area (Å²) >= 11 is 0. The van der Waals surface area contributed by atoms with Gasteiger partial charge in [-0.25, -0.2) is 14.4 Å². The lowest BCUT2D eigenvalue weighted by atomic mass is 9.98. The van der Waals surface area contributed by atoms with Gasteiger partial charge in [0.25, 0.3) is 0 Å². The molecule has 0 saturated carbocycles. The van der Waals surface area contributed by atoms with Gasteiger partial charge in [-0.1, -0.05) is 61.2 Å². The quantitative estimate of drug-likeness (QED) is 0.411. The number of imide groups is 1. The Kier molecular flexibility index (Phi) is 8.21. The number of carbonyl (C=O) groups is 3. The molecule has 0 unspecified atom stereocenters. The smallest absolute Gasteiger partial charge is 0.420 e. The van der Waals surface area contributed by atoms with Gasteiger partial charge in [0.15, 0.2) is 0 Å². The van der Waals surface area contributed by atoms with Crippen LogP contribution in [0.4, 0.5) is 9.59 Å². The van der Waals surface area contributed by atoms with Crippen molar-refractivity contribution in [3.63, 3.8) is 0 Å². The topological polar surface area (TPSA) is 119 Å². The zero-order valence-electron chi connectivity index (χ0n) is 18.3. The minimum atomic E-state index is -1.43. The molecule has 0 aromatic heterocycles. The number of aliphatic carboxylic acids is 1. The molecular formula is C25H28N2O6. The molecule has 8 nitrogen and oxygen atoms in total. The Morgan fingerprint density at radius 3 is 2.12 bits per heavy atom. The van der Waals surface area contributed by atoms with Gasteiger partial charge in [0, 0.05) is 5.92 Å². The van der Waals surface area contributed by atoms with Crippen molar-refractivity contribution in [2.45, 2.75) is 31.2 Å². The molecule has 0 saturated heterocycles. The summed E-state index contributed by atoms with van der Waals surface area (Å²) in [6.07, 6.45) is 0.204. The fraction of sp³-hybridized carbons (Fsp3) is 0.320. The van der Waals surface area contributed by atoms with Gasteiger partial charge in [0.2, 0.25) is 0 Å². The highest BCUT2D eigenvalue weighted by Crippen LogP contribution is 2.44. The monoisotopic (exact) mass is 452 g/mol. The summed E-state index contributed by atoms with van der Waals surface area (Å²) in [5.41, 5.74) is 9.62. The number of benzene rings is 2. The molecule has 2 aromatic carbocycles. The number of rotatable bonds is 10. The molecule has 0 radical (unpaired) electrons. The van der Waals surface area contributed by atoms with E-state index in [0.717, 1.165) is 22.3 Å². The van der Waals surface area contributed by atoms with E-state index in [2.05, 4.69) is 6.58 Å². The van der Waals surface area contributed by atoms with Crippen LogP contribution in [0.1, 0.15) is 36.3 Å². The molecule has 3 N–H and O–H groups in total. The van der Waals surface area contributed by atoms with Gasteiger partial charge in [0.05, 0.1) is 0 Å². The molecule has 0 bridgehead atoms. The van der Waals surface area contributed by atoms with Crippen LogP contribution < -0.4 is 5.73 Å². The van der Waals surface area contributed by atoms with E-state index < -0.39 is 24.2 Å². The molecule has 0 heterocycles. The van der Waals surface area contributed by atoms with Crippen LogP contribution in [0.5, 0.6) is 0 Å².